The number of aliphatic hydroxyl groups excluding tert-OH is 1. The average Bonchev–Trinajstić information content (AvgIpc) is 3.04. The number of halogens is 1. The van der Waals surface area contributed by atoms with Crippen molar-refractivity contribution in [3.8, 4) is 0 Å². The topological polar surface area (TPSA) is 95.0 Å². The molecule has 9 atom stereocenters. The normalized spacial score (nSPS) is 40.4. The summed E-state index contributed by atoms with van der Waals surface area (Å²) in [5.74, 6) is 0.295. The minimum absolute atomic E-state index is 0.0109. The molecule has 0 bridgehead atoms. The number of ketones is 1. The molecule has 9 unspecified atom stereocenters. The van der Waals surface area contributed by atoms with Crippen molar-refractivity contribution in [1.82, 2.24) is 19.6 Å². The van der Waals surface area contributed by atoms with Gasteiger partial charge in [-0.1, -0.05) is 25.7 Å². The minimum atomic E-state index is -1.20. The maximum Gasteiger partial charge on any atom is 0.259 e. The van der Waals surface area contributed by atoms with E-state index in [-0.39, 0.29) is 48.5 Å². The minimum Gasteiger partial charge on any atom is -0.394 e. The fourth-order valence-electron chi connectivity index (χ4n) is 9.44. The lowest BCUT2D eigenvalue weighted by atomic mass is 9.64. The monoisotopic (exact) mass is 604 g/mol. The smallest absolute Gasteiger partial charge is 0.259 e. The molecule has 3 aliphatic carbocycles. The summed E-state index contributed by atoms with van der Waals surface area (Å²) in [7, 11) is 0. The third-order valence-corrected chi connectivity index (χ3v) is 11.6. The van der Waals surface area contributed by atoms with E-state index in [4.69, 9.17) is 19.3 Å². The van der Waals surface area contributed by atoms with E-state index in [9.17, 15) is 9.59 Å². The quantitative estimate of drug-likeness (QED) is 0.338. The maximum absolute atomic E-state index is 16.4. The van der Waals surface area contributed by atoms with Crippen molar-refractivity contribution < 1.29 is 33.3 Å². The molecule has 7 aliphatic rings. The number of alkyl halides is 1. The number of hydrogen-bond donors (Lipinski definition) is 1. The largest absolute Gasteiger partial charge is 0.394 e. The second kappa shape index (κ2) is 13.0. The maximum atomic E-state index is 16.4. The lowest BCUT2D eigenvalue weighted by Crippen LogP contribution is -2.74. The number of fused-ring (bicyclic) bond motifs is 3. The van der Waals surface area contributed by atoms with E-state index < -0.39 is 24.2 Å². The highest BCUT2D eigenvalue weighted by atomic mass is 19.1. The first-order chi connectivity index (χ1) is 21.0. The standard InChI is InChI=1S/C32H49FN4O6/c33-25-19-23-28-31(29(25)35-7-5-34(6-8-35)9-13-42-16-12-38)43-27-18-22-4-2-1-3-21(22)17-26(27)37(28)20-24(30(23)39)32(40)36-10-14-41-15-11-36/h20-23,25-29,31,38H,1-19H2. The van der Waals surface area contributed by atoms with Gasteiger partial charge in [-0.2, -0.15) is 0 Å². The van der Waals surface area contributed by atoms with Gasteiger partial charge in [0.15, 0.2) is 5.78 Å². The Morgan fingerprint density at radius 1 is 0.977 bits per heavy atom. The molecule has 1 N–H and O–H groups in total. The Labute approximate surface area is 254 Å². The third kappa shape index (κ3) is 5.78. The van der Waals surface area contributed by atoms with Crippen LogP contribution in [-0.4, -0.2) is 152 Å². The Bertz CT molecular complexity index is 1050. The van der Waals surface area contributed by atoms with Gasteiger partial charge in [0, 0.05) is 57.9 Å². The van der Waals surface area contributed by atoms with Gasteiger partial charge in [-0.15, -0.1) is 0 Å². The zero-order chi connectivity index (χ0) is 29.5. The summed E-state index contributed by atoms with van der Waals surface area (Å²) < 4.78 is 34.4. The lowest BCUT2D eigenvalue weighted by molar-refractivity contribution is -0.222. The molecule has 4 heterocycles. The van der Waals surface area contributed by atoms with Crippen LogP contribution in [0, 0.1) is 17.8 Å². The van der Waals surface area contributed by atoms with Gasteiger partial charge < -0.3 is 29.1 Å². The van der Waals surface area contributed by atoms with Crippen LogP contribution in [0.5, 0.6) is 0 Å². The van der Waals surface area contributed by atoms with Crippen LogP contribution in [0.4, 0.5) is 4.39 Å². The first kappa shape index (κ1) is 30.0. The Hall–Kier alpha value is -1.63. The number of aliphatic hydroxyl groups is 1. The molecule has 0 spiro atoms. The molecular weight excluding hydrogens is 555 g/mol. The predicted molar refractivity (Wildman–Crippen MR) is 156 cm³/mol. The number of ether oxygens (including phenoxy) is 3. The van der Waals surface area contributed by atoms with Gasteiger partial charge in [0.05, 0.1) is 68.9 Å². The molecule has 240 valence electrons. The fourth-order valence-corrected chi connectivity index (χ4v) is 9.44. The van der Waals surface area contributed by atoms with Crippen LogP contribution in [0.2, 0.25) is 0 Å². The zero-order valence-electron chi connectivity index (χ0n) is 25.4. The number of rotatable bonds is 7. The van der Waals surface area contributed by atoms with Crippen LogP contribution in [0.25, 0.3) is 0 Å². The number of nitrogens with zero attached hydrogens (tertiary/aromatic N) is 4. The fraction of sp³-hybridized carbons (Fsp3) is 0.875. The van der Waals surface area contributed by atoms with Gasteiger partial charge in [0.2, 0.25) is 0 Å². The number of carbonyl (C=O) groups excluding carboxylic acids is 2. The number of carbonyl (C=O) groups is 2. The second-order valence-corrected chi connectivity index (χ2v) is 13.8. The van der Waals surface area contributed by atoms with E-state index in [1.165, 1.54) is 25.7 Å². The van der Waals surface area contributed by atoms with Gasteiger partial charge in [0.1, 0.15) is 6.17 Å². The molecule has 11 heteroatoms. The van der Waals surface area contributed by atoms with E-state index in [1.807, 2.05) is 6.20 Å². The molecule has 6 fully saturated rings. The summed E-state index contributed by atoms with van der Waals surface area (Å²) in [5, 5.41) is 8.96. The molecule has 10 nitrogen and oxygen atoms in total. The van der Waals surface area contributed by atoms with Gasteiger partial charge >= 0.3 is 0 Å². The summed E-state index contributed by atoms with van der Waals surface area (Å²) in [6.07, 6.45) is 7.44. The zero-order valence-corrected chi connectivity index (χ0v) is 25.4. The molecule has 43 heavy (non-hydrogen) atoms. The predicted octanol–water partition coefficient (Wildman–Crippen LogP) is 1.07. The highest BCUT2D eigenvalue weighted by Gasteiger charge is 2.60. The Balaban J connectivity index is 1.15. The van der Waals surface area contributed by atoms with Crippen molar-refractivity contribution in [2.24, 2.45) is 17.8 Å². The highest BCUT2D eigenvalue weighted by Crippen LogP contribution is 2.50. The first-order valence-corrected chi connectivity index (χ1v) is 16.9. The van der Waals surface area contributed by atoms with E-state index in [1.54, 1.807) is 4.90 Å². The Morgan fingerprint density at radius 2 is 1.72 bits per heavy atom. The van der Waals surface area contributed by atoms with Gasteiger partial charge in [-0.25, -0.2) is 4.39 Å². The third-order valence-electron chi connectivity index (χ3n) is 11.6. The van der Waals surface area contributed by atoms with Gasteiger partial charge in [0.25, 0.3) is 5.91 Å². The summed E-state index contributed by atoms with van der Waals surface area (Å²) >= 11 is 0. The van der Waals surface area contributed by atoms with E-state index in [2.05, 4.69) is 14.7 Å². The molecular formula is C32H49FN4O6. The van der Waals surface area contributed by atoms with Crippen molar-refractivity contribution in [3.05, 3.63) is 11.8 Å². The molecule has 0 aromatic heterocycles. The second-order valence-electron chi connectivity index (χ2n) is 13.8. The molecule has 4 aliphatic heterocycles. The molecule has 1 amide bonds. The van der Waals surface area contributed by atoms with E-state index >= 15 is 4.39 Å². The van der Waals surface area contributed by atoms with E-state index in [0.29, 0.717) is 51.4 Å². The number of hydrogen-bond acceptors (Lipinski definition) is 9. The Morgan fingerprint density at radius 3 is 2.47 bits per heavy atom. The van der Waals surface area contributed by atoms with Crippen molar-refractivity contribution in [2.75, 3.05) is 78.8 Å². The molecule has 7 rings (SSSR count). The molecule has 0 radical (unpaired) electrons. The summed E-state index contributed by atoms with van der Waals surface area (Å²) in [6, 6.07) is -0.521. The van der Waals surface area contributed by atoms with E-state index in [0.717, 1.165) is 45.6 Å². The van der Waals surface area contributed by atoms with Crippen LogP contribution in [0.3, 0.4) is 0 Å². The highest BCUT2D eigenvalue weighted by molar-refractivity contribution is 6.20. The first-order valence-electron chi connectivity index (χ1n) is 16.9. The number of amides is 1. The molecule has 3 saturated heterocycles. The number of Topliss-reactive ketones (excluding diaryl/α,β-unsaturated/α-hetero) is 1. The Kier molecular flexibility index (Phi) is 9.09. The van der Waals surface area contributed by atoms with Crippen molar-refractivity contribution >= 4 is 11.7 Å². The molecule has 0 aromatic carbocycles. The van der Waals surface area contributed by atoms with Crippen molar-refractivity contribution in [3.63, 3.8) is 0 Å². The van der Waals surface area contributed by atoms with Crippen LogP contribution in [0.15, 0.2) is 11.8 Å². The van der Waals surface area contributed by atoms with Gasteiger partial charge in [-0.05, 0) is 31.1 Å². The molecule has 0 aromatic rings. The van der Waals surface area contributed by atoms with Crippen LogP contribution < -0.4 is 0 Å². The SMILES string of the molecule is O=C1C(C(=O)N2CCOCC2)=CN2C3CC4CCCCC4CC3OC3C(N4CCN(CCOCCO)CC4)C(F)CC1C32. The summed E-state index contributed by atoms with van der Waals surface area (Å²) in [5.41, 5.74) is 0.232. The van der Waals surface area contributed by atoms with Crippen molar-refractivity contribution in [1.29, 1.82) is 0 Å². The lowest BCUT2D eigenvalue weighted by Gasteiger charge is -2.62. The van der Waals surface area contributed by atoms with Crippen LogP contribution >= 0.6 is 0 Å². The average molecular weight is 605 g/mol. The van der Waals surface area contributed by atoms with Crippen molar-refractivity contribution in [2.45, 2.75) is 81.5 Å². The summed E-state index contributed by atoms with van der Waals surface area (Å²) in [6.45, 7) is 6.78. The number of morpholine rings is 2. The number of piperazine rings is 1. The summed E-state index contributed by atoms with van der Waals surface area (Å²) in [4.78, 5) is 36.4. The molecule has 3 saturated carbocycles. The van der Waals surface area contributed by atoms with Gasteiger partial charge in [-0.3, -0.25) is 19.4 Å². The van der Waals surface area contributed by atoms with Crippen LogP contribution in [0.1, 0.15) is 44.9 Å². The van der Waals surface area contributed by atoms with Crippen LogP contribution in [-0.2, 0) is 23.8 Å².